The van der Waals surface area contributed by atoms with Crippen LogP contribution in [0.3, 0.4) is 0 Å². The zero-order chi connectivity index (χ0) is 14.7. The van der Waals surface area contributed by atoms with Crippen molar-refractivity contribution in [3.05, 3.63) is 0 Å². The van der Waals surface area contributed by atoms with E-state index in [1.54, 1.807) is 0 Å². The highest BCUT2D eigenvalue weighted by atomic mass is 19.3. The molecule has 6 heteroatoms. The summed E-state index contributed by atoms with van der Waals surface area (Å²) >= 11 is 0. The number of carbonyl (C=O) groups is 1. The lowest BCUT2D eigenvalue weighted by molar-refractivity contribution is -0.178. The molecule has 0 bridgehead atoms. The third kappa shape index (κ3) is 3.83. The molecule has 19 heavy (non-hydrogen) atoms. The van der Waals surface area contributed by atoms with Gasteiger partial charge in [0.05, 0.1) is 5.41 Å². The standard InChI is InChI=1S/C13H20F4O2/c1-2-3-9-4-6-12(7-5-9,11(18)19)8-13(16,17)10(14)15/h9-10H,2-8H2,1H3,(H,18,19). The van der Waals surface area contributed by atoms with Crippen molar-refractivity contribution in [2.24, 2.45) is 11.3 Å². The van der Waals surface area contributed by atoms with E-state index in [-0.39, 0.29) is 12.8 Å². The highest BCUT2D eigenvalue weighted by Crippen LogP contribution is 2.48. The molecular formula is C13H20F4O2. The first-order valence-corrected chi connectivity index (χ1v) is 6.63. The molecule has 0 amide bonds. The quantitative estimate of drug-likeness (QED) is 0.737. The largest absolute Gasteiger partial charge is 0.481 e. The summed E-state index contributed by atoms with van der Waals surface area (Å²) in [5, 5.41) is 9.17. The molecule has 1 aliphatic rings. The summed E-state index contributed by atoms with van der Waals surface area (Å²) in [6.07, 6.45) is -1.99. The van der Waals surface area contributed by atoms with E-state index in [1.165, 1.54) is 0 Å². The molecule has 1 aliphatic carbocycles. The molecule has 0 atom stereocenters. The van der Waals surface area contributed by atoms with E-state index in [4.69, 9.17) is 0 Å². The smallest absolute Gasteiger partial charge is 0.309 e. The topological polar surface area (TPSA) is 37.3 Å². The number of aliphatic carboxylic acids is 1. The lowest BCUT2D eigenvalue weighted by atomic mass is 9.67. The first-order valence-electron chi connectivity index (χ1n) is 6.63. The highest BCUT2D eigenvalue weighted by Gasteiger charge is 2.53. The Labute approximate surface area is 110 Å². The van der Waals surface area contributed by atoms with Crippen molar-refractivity contribution in [3.8, 4) is 0 Å². The van der Waals surface area contributed by atoms with E-state index in [0.29, 0.717) is 18.8 Å². The maximum atomic E-state index is 13.2. The van der Waals surface area contributed by atoms with E-state index in [0.717, 1.165) is 12.8 Å². The lowest BCUT2D eigenvalue weighted by Crippen LogP contribution is -2.43. The molecule has 1 N–H and O–H groups in total. The number of halogens is 4. The minimum absolute atomic E-state index is 0.0648. The van der Waals surface area contributed by atoms with Crippen molar-refractivity contribution in [2.45, 2.75) is 64.2 Å². The van der Waals surface area contributed by atoms with Crippen LogP contribution in [0, 0.1) is 11.3 Å². The van der Waals surface area contributed by atoms with Gasteiger partial charge in [-0.1, -0.05) is 19.8 Å². The first-order chi connectivity index (χ1) is 8.73. The fourth-order valence-corrected chi connectivity index (χ4v) is 2.92. The SMILES string of the molecule is CCCC1CCC(CC(F)(F)C(F)F)(C(=O)O)CC1. The van der Waals surface area contributed by atoms with Crippen LogP contribution in [0.5, 0.6) is 0 Å². The van der Waals surface area contributed by atoms with Gasteiger partial charge in [-0.05, 0) is 31.6 Å². The van der Waals surface area contributed by atoms with Crippen LogP contribution in [0.25, 0.3) is 0 Å². The monoisotopic (exact) mass is 284 g/mol. The van der Waals surface area contributed by atoms with Gasteiger partial charge < -0.3 is 5.11 Å². The van der Waals surface area contributed by atoms with Crippen molar-refractivity contribution in [3.63, 3.8) is 0 Å². The molecule has 0 aliphatic heterocycles. The molecule has 1 saturated carbocycles. The minimum Gasteiger partial charge on any atom is -0.481 e. The molecule has 0 radical (unpaired) electrons. The van der Waals surface area contributed by atoms with E-state index >= 15 is 0 Å². The summed E-state index contributed by atoms with van der Waals surface area (Å²) < 4.78 is 50.8. The van der Waals surface area contributed by atoms with Crippen LogP contribution in [0.4, 0.5) is 17.6 Å². The second-order valence-electron chi connectivity index (χ2n) is 5.56. The fraction of sp³-hybridized carbons (Fsp3) is 0.923. The Morgan fingerprint density at radius 2 is 1.89 bits per heavy atom. The van der Waals surface area contributed by atoms with Crippen molar-refractivity contribution in [1.29, 1.82) is 0 Å². The Morgan fingerprint density at radius 3 is 2.26 bits per heavy atom. The summed E-state index contributed by atoms with van der Waals surface area (Å²) in [6, 6.07) is 0. The zero-order valence-electron chi connectivity index (χ0n) is 11.0. The summed E-state index contributed by atoms with van der Waals surface area (Å²) in [5.41, 5.74) is -1.69. The maximum Gasteiger partial charge on any atom is 0.309 e. The molecule has 0 aromatic carbocycles. The summed E-state index contributed by atoms with van der Waals surface area (Å²) in [4.78, 5) is 11.3. The fourth-order valence-electron chi connectivity index (χ4n) is 2.92. The molecule has 2 nitrogen and oxygen atoms in total. The summed E-state index contributed by atoms with van der Waals surface area (Å²) in [5.74, 6) is -5.27. The van der Waals surface area contributed by atoms with E-state index < -0.39 is 30.2 Å². The Kier molecular flexibility index (Phi) is 5.21. The number of rotatable bonds is 6. The van der Waals surface area contributed by atoms with Gasteiger partial charge >= 0.3 is 18.3 Å². The van der Waals surface area contributed by atoms with Gasteiger partial charge in [0.25, 0.3) is 0 Å². The van der Waals surface area contributed by atoms with Crippen LogP contribution in [-0.2, 0) is 4.79 Å². The van der Waals surface area contributed by atoms with Gasteiger partial charge in [0.2, 0.25) is 0 Å². The molecule has 0 saturated heterocycles. The van der Waals surface area contributed by atoms with Gasteiger partial charge in [0.15, 0.2) is 0 Å². The second kappa shape index (κ2) is 6.09. The number of hydrogen-bond acceptors (Lipinski definition) is 1. The van der Waals surface area contributed by atoms with Crippen LogP contribution < -0.4 is 0 Å². The van der Waals surface area contributed by atoms with Crippen LogP contribution in [0.15, 0.2) is 0 Å². The van der Waals surface area contributed by atoms with Crippen molar-refractivity contribution in [2.75, 3.05) is 0 Å². The van der Waals surface area contributed by atoms with E-state index in [9.17, 15) is 27.5 Å². The van der Waals surface area contributed by atoms with Crippen molar-refractivity contribution >= 4 is 5.97 Å². The molecule has 0 unspecified atom stereocenters. The summed E-state index contributed by atoms with van der Waals surface area (Å²) in [6.45, 7) is 2.00. The Morgan fingerprint density at radius 1 is 1.37 bits per heavy atom. The predicted octanol–water partition coefficient (Wildman–Crippen LogP) is 4.34. The zero-order valence-corrected chi connectivity index (χ0v) is 11.0. The van der Waals surface area contributed by atoms with Crippen LogP contribution in [0.2, 0.25) is 0 Å². The van der Waals surface area contributed by atoms with Gasteiger partial charge in [-0.2, -0.15) is 0 Å². The molecule has 1 rings (SSSR count). The van der Waals surface area contributed by atoms with E-state index in [1.807, 2.05) is 6.92 Å². The van der Waals surface area contributed by atoms with Crippen LogP contribution in [0.1, 0.15) is 51.9 Å². The molecule has 0 aromatic rings. The summed E-state index contributed by atoms with van der Waals surface area (Å²) in [7, 11) is 0. The van der Waals surface area contributed by atoms with Gasteiger partial charge in [0.1, 0.15) is 0 Å². The molecule has 112 valence electrons. The maximum absolute atomic E-state index is 13.2. The highest BCUT2D eigenvalue weighted by molar-refractivity contribution is 5.74. The predicted molar refractivity (Wildman–Crippen MR) is 62.5 cm³/mol. The Hall–Kier alpha value is -0.810. The second-order valence-corrected chi connectivity index (χ2v) is 5.56. The third-order valence-electron chi connectivity index (χ3n) is 4.11. The van der Waals surface area contributed by atoms with Gasteiger partial charge in [-0.25, -0.2) is 17.6 Å². The van der Waals surface area contributed by atoms with Gasteiger partial charge in [-0.3, -0.25) is 4.79 Å². The first kappa shape index (κ1) is 16.2. The van der Waals surface area contributed by atoms with Crippen LogP contribution >= 0.6 is 0 Å². The number of carboxylic acid groups (broad SMARTS) is 1. The van der Waals surface area contributed by atoms with Gasteiger partial charge in [-0.15, -0.1) is 0 Å². The van der Waals surface area contributed by atoms with Crippen molar-refractivity contribution in [1.82, 2.24) is 0 Å². The third-order valence-corrected chi connectivity index (χ3v) is 4.11. The Bertz CT molecular complexity index is 310. The van der Waals surface area contributed by atoms with Crippen molar-refractivity contribution < 1.29 is 27.5 Å². The lowest BCUT2D eigenvalue weighted by Gasteiger charge is -2.38. The number of alkyl halides is 4. The molecular weight excluding hydrogens is 264 g/mol. The number of carboxylic acids is 1. The normalized spacial score (nSPS) is 28.6. The van der Waals surface area contributed by atoms with Crippen LogP contribution in [-0.4, -0.2) is 23.4 Å². The molecule has 0 heterocycles. The Balaban J connectivity index is 2.76. The average Bonchev–Trinajstić information content (AvgIpc) is 2.31. The number of hydrogen-bond donors (Lipinski definition) is 1. The average molecular weight is 284 g/mol. The molecule has 1 fully saturated rings. The van der Waals surface area contributed by atoms with E-state index in [2.05, 4.69) is 0 Å². The molecule has 0 spiro atoms. The molecule has 0 aromatic heterocycles. The minimum atomic E-state index is -4.23. The van der Waals surface area contributed by atoms with Gasteiger partial charge in [0, 0.05) is 6.42 Å².